The van der Waals surface area contributed by atoms with Crippen LogP contribution >= 0.6 is 37.2 Å². The van der Waals surface area contributed by atoms with Crippen LogP contribution < -0.4 is 0 Å². The van der Waals surface area contributed by atoms with Gasteiger partial charge in [0.05, 0.1) is 0 Å². The molecule has 0 radical (unpaired) electrons. The van der Waals surface area contributed by atoms with Crippen LogP contribution in [0.3, 0.4) is 0 Å². The highest BCUT2D eigenvalue weighted by Gasteiger charge is 2.18. The molecule has 0 spiro atoms. The van der Waals surface area contributed by atoms with E-state index in [1.807, 2.05) is 0 Å². The molecule has 0 heterocycles. The fraction of sp³-hybridized carbons (Fsp3) is 1.00. The summed E-state index contributed by atoms with van der Waals surface area (Å²) in [6.07, 6.45) is 0. The summed E-state index contributed by atoms with van der Waals surface area (Å²) < 4.78 is 10.7. The highest BCUT2D eigenvalue weighted by molar-refractivity contribution is 15.0. The van der Waals surface area contributed by atoms with Crippen LogP contribution in [0.25, 0.3) is 0 Å². The van der Waals surface area contributed by atoms with E-state index in [1.54, 1.807) is 7.11 Å². The molecule has 0 N–H and O–H groups in total. The number of hydrogen-bond donors (Lipinski definition) is 0. The Labute approximate surface area is 95.7 Å². The lowest BCUT2D eigenvalue weighted by Crippen LogP contribution is -2.34. The van der Waals surface area contributed by atoms with Gasteiger partial charge in [0.25, 0.3) is 0 Å². The van der Waals surface area contributed by atoms with Gasteiger partial charge in [-0.15, -0.1) is 0 Å². The zero-order valence-corrected chi connectivity index (χ0v) is 14.1. The minimum atomic E-state index is -1.30. The molecule has 0 aromatic carbocycles. The summed E-state index contributed by atoms with van der Waals surface area (Å²) in [6, 6.07) is 0. The third-order valence-electron chi connectivity index (χ3n) is 0.851. The zero-order chi connectivity index (χ0) is 9.49. The Balaban J connectivity index is 0. The molecule has 0 amide bonds. The molecule has 0 saturated carbocycles. The lowest BCUT2D eigenvalue weighted by atomic mass is 11.8. The normalized spacial score (nSPS) is 13.4. The highest BCUT2D eigenvalue weighted by Crippen LogP contribution is 2.04. The van der Waals surface area contributed by atoms with Crippen molar-refractivity contribution in [3.8, 4) is 0 Å². The molecule has 0 aliphatic rings. The third-order valence-corrected chi connectivity index (χ3v) is 5.67. The van der Waals surface area contributed by atoms with Gasteiger partial charge in [-0.25, -0.2) is 0 Å². The lowest BCUT2D eigenvalue weighted by molar-refractivity contribution is 0.340. The van der Waals surface area contributed by atoms with E-state index in [1.165, 1.54) is 0 Å². The van der Waals surface area contributed by atoms with Gasteiger partial charge >= 0.3 is 9.28 Å². The Bertz CT molecular complexity index is 87.0. The maximum absolute atomic E-state index is 5.64. The molecule has 6 heteroatoms. The van der Waals surface area contributed by atoms with Gasteiger partial charge in [0, 0.05) is 44.3 Å². The lowest BCUT2D eigenvalue weighted by Gasteiger charge is -2.21. The van der Waals surface area contributed by atoms with Crippen molar-refractivity contribution in [1.29, 1.82) is 0 Å². The molecule has 0 aliphatic carbocycles. The molecule has 11 heavy (non-hydrogen) atoms. The van der Waals surface area contributed by atoms with Gasteiger partial charge < -0.3 is 8.54 Å². The summed E-state index contributed by atoms with van der Waals surface area (Å²) in [5, 5.41) is 0. The van der Waals surface area contributed by atoms with Crippen molar-refractivity contribution in [3.63, 3.8) is 0 Å². The molecule has 0 bridgehead atoms. The molecule has 0 rings (SSSR count). The molecule has 1 atom stereocenters. The SMILES string of the molecule is CO[SiH](C)O[Si](C)(C)C.II. The second kappa shape index (κ2) is 8.41. The number of rotatable bonds is 3. The third kappa shape index (κ3) is 14.6. The van der Waals surface area contributed by atoms with Crippen LogP contribution in [0.4, 0.5) is 0 Å². The van der Waals surface area contributed by atoms with E-state index in [2.05, 4.69) is 63.4 Å². The summed E-state index contributed by atoms with van der Waals surface area (Å²) >= 11 is 4.24. The highest BCUT2D eigenvalue weighted by atomic mass is 128. The van der Waals surface area contributed by atoms with Crippen molar-refractivity contribution in [2.24, 2.45) is 0 Å². The van der Waals surface area contributed by atoms with E-state index in [9.17, 15) is 0 Å². The van der Waals surface area contributed by atoms with Gasteiger partial charge in [0.1, 0.15) is 0 Å². The molecular formula is C5H16I2O2Si2. The Morgan fingerprint density at radius 2 is 1.55 bits per heavy atom. The Morgan fingerprint density at radius 1 is 1.18 bits per heavy atom. The molecule has 1 unspecified atom stereocenters. The van der Waals surface area contributed by atoms with Crippen molar-refractivity contribution < 1.29 is 8.54 Å². The quantitative estimate of drug-likeness (QED) is 0.518. The van der Waals surface area contributed by atoms with Crippen LogP contribution in [0.1, 0.15) is 0 Å². The van der Waals surface area contributed by atoms with Gasteiger partial charge in [0.2, 0.25) is 0 Å². The molecule has 0 fully saturated rings. The topological polar surface area (TPSA) is 18.5 Å². The number of hydrogen-bond acceptors (Lipinski definition) is 2. The van der Waals surface area contributed by atoms with E-state index in [4.69, 9.17) is 8.54 Å². The predicted molar refractivity (Wildman–Crippen MR) is 72.5 cm³/mol. The first-order valence-electron chi connectivity index (χ1n) is 3.30. The standard InChI is InChI=1S/C5H16O2Si2.I2/c1-6-8(2)7-9(3,4)5;1-2/h8H,1-5H3;. The van der Waals surface area contributed by atoms with Crippen molar-refractivity contribution in [2.75, 3.05) is 7.11 Å². The maximum atomic E-state index is 5.64. The first-order valence-corrected chi connectivity index (χ1v) is 15.1. The summed E-state index contributed by atoms with van der Waals surface area (Å²) in [4.78, 5) is 0. The fourth-order valence-electron chi connectivity index (χ4n) is 0.546. The van der Waals surface area contributed by atoms with Crippen LogP contribution in [-0.4, -0.2) is 24.7 Å². The van der Waals surface area contributed by atoms with Crippen LogP contribution in [0.5, 0.6) is 0 Å². The first-order chi connectivity index (χ1) is 4.95. The summed E-state index contributed by atoms with van der Waals surface area (Å²) in [6.45, 7) is 8.58. The van der Waals surface area contributed by atoms with E-state index >= 15 is 0 Å². The summed E-state index contributed by atoms with van der Waals surface area (Å²) in [5.41, 5.74) is 0. The smallest absolute Gasteiger partial charge is 0.307 e. The van der Waals surface area contributed by atoms with Crippen LogP contribution in [-0.2, 0) is 8.54 Å². The molecule has 0 aromatic heterocycles. The fourth-order valence-corrected chi connectivity index (χ4v) is 4.91. The Kier molecular flexibility index (Phi) is 11.7. The van der Waals surface area contributed by atoms with Crippen LogP contribution in [0.2, 0.25) is 26.2 Å². The zero-order valence-electron chi connectivity index (χ0n) is 7.65. The molecular weight excluding hydrogens is 402 g/mol. The van der Waals surface area contributed by atoms with E-state index in [0.29, 0.717) is 0 Å². The second-order valence-corrected chi connectivity index (χ2v) is 9.81. The maximum Gasteiger partial charge on any atom is 0.307 e. The van der Waals surface area contributed by atoms with E-state index < -0.39 is 17.6 Å². The van der Waals surface area contributed by atoms with Gasteiger partial charge in [-0.1, -0.05) is 0 Å². The Hall–Kier alpha value is 1.81. The van der Waals surface area contributed by atoms with Crippen molar-refractivity contribution in [3.05, 3.63) is 0 Å². The molecule has 2 nitrogen and oxygen atoms in total. The van der Waals surface area contributed by atoms with Crippen molar-refractivity contribution in [1.82, 2.24) is 0 Å². The van der Waals surface area contributed by atoms with Gasteiger partial charge in [-0.3, -0.25) is 0 Å². The van der Waals surface area contributed by atoms with E-state index in [-0.39, 0.29) is 0 Å². The average molecular weight is 418 g/mol. The summed E-state index contributed by atoms with van der Waals surface area (Å²) in [5.74, 6) is 0. The summed E-state index contributed by atoms with van der Waals surface area (Å²) in [7, 11) is -0.830. The van der Waals surface area contributed by atoms with Crippen molar-refractivity contribution >= 4 is 54.8 Å². The van der Waals surface area contributed by atoms with Gasteiger partial charge in [-0.05, 0) is 26.2 Å². The Morgan fingerprint density at radius 3 is 1.64 bits per heavy atom. The van der Waals surface area contributed by atoms with Gasteiger partial charge in [-0.2, -0.15) is 0 Å². The molecule has 0 aliphatic heterocycles. The number of halogens is 2. The van der Waals surface area contributed by atoms with Crippen LogP contribution in [0, 0.1) is 0 Å². The van der Waals surface area contributed by atoms with E-state index in [0.717, 1.165) is 0 Å². The largest absolute Gasteiger partial charge is 0.438 e. The van der Waals surface area contributed by atoms with Gasteiger partial charge in [0.15, 0.2) is 8.32 Å². The second-order valence-electron chi connectivity index (χ2n) is 3.03. The average Bonchev–Trinajstić information content (AvgIpc) is 1.89. The predicted octanol–water partition coefficient (Wildman–Crippen LogP) is 3.11. The van der Waals surface area contributed by atoms with Crippen molar-refractivity contribution in [2.45, 2.75) is 26.2 Å². The van der Waals surface area contributed by atoms with Crippen LogP contribution in [0.15, 0.2) is 0 Å². The molecule has 70 valence electrons. The molecule has 0 aromatic rings. The molecule has 0 saturated heterocycles. The minimum Gasteiger partial charge on any atom is -0.438 e. The monoisotopic (exact) mass is 418 g/mol. The first kappa shape index (κ1) is 15.3. The minimum absolute atomic E-state index is 1.24.